The van der Waals surface area contributed by atoms with Crippen molar-refractivity contribution in [2.24, 2.45) is 0 Å². The number of aryl methyl sites for hydroxylation is 1. The minimum atomic E-state index is -0.257. The maximum atomic E-state index is 13.7. The first-order valence-electron chi connectivity index (χ1n) is 11.5. The minimum absolute atomic E-state index is 0.255. The van der Waals surface area contributed by atoms with E-state index in [9.17, 15) is 4.39 Å². The molecular formula is C26H24BrFN6. The zero-order chi connectivity index (χ0) is 23.2. The van der Waals surface area contributed by atoms with Crippen molar-refractivity contribution in [3.05, 3.63) is 76.2 Å². The van der Waals surface area contributed by atoms with Gasteiger partial charge in [-0.15, -0.1) is 0 Å². The number of aromatic nitrogens is 5. The van der Waals surface area contributed by atoms with E-state index in [1.165, 1.54) is 27.9 Å². The van der Waals surface area contributed by atoms with Crippen LogP contribution in [0.5, 0.6) is 0 Å². The molecule has 6 rings (SSSR count). The van der Waals surface area contributed by atoms with Crippen LogP contribution in [0, 0.1) is 5.82 Å². The van der Waals surface area contributed by atoms with Gasteiger partial charge in [-0.25, -0.2) is 19.3 Å². The molecule has 6 nitrogen and oxygen atoms in total. The molecule has 3 aromatic heterocycles. The second-order valence-corrected chi connectivity index (χ2v) is 9.79. The van der Waals surface area contributed by atoms with E-state index in [-0.39, 0.29) is 11.9 Å². The number of fused-ring (bicyclic) bond motifs is 2. The summed E-state index contributed by atoms with van der Waals surface area (Å²) in [6.45, 7) is 0.879. The van der Waals surface area contributed by atoms with Crippen molar-refractivity contribution in [1.29, 1.82) is 0 Å². The average Bonchev–Trinajstić information content (AvgIpc) is 3.54. The van der Waals surface area contributed by atoms with E-state index in [0.29, 0.717) is 5.95 Å². The number of allylic oxidation sites excluding steroid dienone is 1. The monoisotopic (exact) mass is 518 g/mol. The molecule has 34 heavy (non-hydrogen) atoms. The first-order valence-corrected chi connectivity index (χ1v) is 12.3. The summed E-state index contributed by atoms with van der Waals surface area (Å²) in [5, 5.41) is 3.03. The Morgan fingerprint density at radius 2 is 1.94 bits per heavy atom. The van der Waals surface area contributed by atoms with E-state index in [1.807, 2.05) is 13.1 Å². The van der Waals surface area contributed by atoms with Gasteiger partial charge in [-0.2, -0.15) is 0 Å². The molecule has 0 amide bonds. The first kappa shape index (κ1) is 21.3. The normalized spacial score (nSPS) is 16.8. The molecule has 1 atom stereocenters. The molecule has 0 saturated carbocycles. The van der Waals surface area contributed by atoms with Gasteiger partial charge in [-0.05, 0) is 71.8 Å². The smallest absolute Gasteiger partial charge is 0.222 e. The van der Waals surface area contributed by atoms with E-state index in [2.05, 4.69) is 53.7 Å². The predicted octanol–water partition coefficient (Wildman–Crippen LogP) is 5.86. The van der Waals surface area contributed by atoms with Gasteiger partial charge in [0, 0.05) is 43.7 Å². The molecule has 0 bridgehead atoms. The number of benzene rings is 1. The number of halogens is 2. The number of imidazole rings is 1. The fraction of sp³-hybridized carbons (Fsp3) is 0.269. The molecule has 0 saturated heterocycles. The molecule has 4 aromatic rings. The lowest BCUT2D eigenvalue weighted by molar-refractivity contribution is 0.444. The molecule has 1 aliphatic carbocycles. The topological polar surface area (TPSA) is 60.6 Å². The summed E-state index contributed by atoms with van der Waals surface area (Å²) in [5.74, 6) is 1.35. The van der Waals surface area contributed by atoms with Crippen molar-refractivity contribution in [2.45, 2.75) is 38.3 Å². The highest BCUT2D eigenvalue weighted by Crippen LogP contribution is 2.40. The molecule has 172 valence electrons. The summed E-state index contributed by atoms with van der Waals surface area (Å²) in [4.78, 5) is 14.1. The second kappa shape index (κ2) is 8.51. The van der Waals surface area contributed by atoms with E-state index >= 15 is 0 Å². The van der Waals surface area contributed by atoms with Gasteiger partial charge in [0.2, 0.25) is 5.95 Å². The average molecular weight is 519 g/mol. The van der Waals surface area contributed by atoms with Gasteiger partial charge in [0.05, 0.1) is 23.1 Å². The molecule has 8 heteroatoms. The van der Waals surface area contributed by atoms with Crippen LogP contribution in [0.15, 0.2) is 53.3 Å². The maximum absolute atomic E-state index is 13.7. The second-order valence-electron chi connectivity index (χ2n) is 8.77. The molecule has 1 N–H and O–H groups in total. The standard InChI is InChI=1S/C26H24BrFN6/c1-29-26-30-12-10-21(31-26)25-24(16-2-5-19(28)6-3-16)32-23-9-7-20(34(23)25)15-33-13-11-17-14-18(27)4-8-22(17)33/h2-3,5-6,10-14,20H,4,7-9,15H2,1H3,(H,29,30,31). The third-order valence-corrected chi connectivity index (χ3v) is 7.35. The van der Waals surface area contributed by atoms with E-state index in [0.717, 1.165) is 60.7 Å². The molecule has 1 aliphatic heterocycles. The third-order valence-electron chi connectivity index (χ3n) is 6.72. The van der Waals surface area contributed by atoms with E-state index in [1.54, 1.807) is 18.3 Å². The Hall–Kier alpha value is -3.26. The number of nitrogens with zero attached hydrogens (tertiary/aromatic N) is 5. The van der Waals surface area contributed by atoms with Crippen LogP contribution < -0.4 is 5.32 Å². The Kier molecular flexibility index (Phi) is 5.32. The van der Waals surface area contributed by atoms with Crippen LogP contribution in [0.25, 0.3) is 28.7 Å². The highest BCUT2D eigenvalue weighted by Gasteiger charge is 2.31. The lowest BCUT2D eigenvalue weighted by Crippen LogP contribution is -2.16. The number of hydrogen-bond donors (Lipinski definition) is 1. The van der Waals surface area contributed by atoms with Crippen LogP contribution in [-0.4, -0.2) is 31.1 Å². The quantitative estimate of drug-likeness (QED) is 0.359. The zero-order valence-electron chi connectivity index (χ0n) is 18.8. The van der Waals surface area contributed by atoms with Crippen LogP contribution in [0.3, 0.4) is 0 Å². The van der Waals surface area contributed by atoms with Gasteiger partial charge in [0.15, 0.2) is 0 Å². The first-order chi connectivity index (χ1) is 16.6. The van der Waals surface area contributed by atoms with Gasteiger partial charge in [0.1, 0.15) is 11.6 Å². The Labute approximate surface area is 205 Å². The molecule has 0 radical (unpaired) electrons. The van der Waals surface area contributed by atoms with Crippen LogP contribution in [0.1, 0.15) is 36.0 Å². The van der Waals surface area contributed by atoms with Crippen LogP contribution in [0.2, 0.25) is 0 Å². The van der Waals surface area contributed by atoms with Crippen molar-refractivity contribution < 1.29 is 4.39 Å². The van der Waals surface area contributed by atoms with Crippen molar-refractivity contribution >= 4 is 28.0 Å². The van der Waals surface area contributed by atoms with Gasteiger partial charge in [0.25, 0.3) is 0 Å². The summed E-state index contributed by atoms with van der Waals surface area (Å²) in [6.07, 6.45) is 10.2. The van der Waals surface area contributed by atoms with Crippen LogP contribution >= 0.6 is 15.9 Å². The number of nitrogens with one attached hydrogen (secondary N) is 1. The molecular weight excluding hydrogens is 495 g/mol. The maximum Gasteiger partial charge on any atom is 0.222 e. The summed E-state index contributed by atoms with van der Waals surface area (Å²) in [5.41, 5.74) is 6.18. The molecule has 1 aromatic carbocycles. The molecule has 4 heterocycles. The van der Waals surface area contributed by atoms with Crippen LogP contribution in [0.4, 0.5) is 10.3 Å². The third kappa shape index (κ3) is 3.66. The van der Waals surface area contributed by atoms with Crippen molar-refractivity contribution in [2.75, 3.05) is 12.4 Å². The lowest BCUT2D eigenvalue weighted by Gasteiger charge is -2.21. The summed E-state index contributed by atoms with van der Waals surface area (Å²) >= 11 is 3.65. The number of rotatable bonds is 5. The van der Waals surface area contributed by atoms with Crippen molar-refractivity contribution in [3.8, 4) is 22.6 Å². The lowest BCUT2D eigenvalue weighted by atomic mass is 10.0. The van der Waals surface area contributed by atoms with Crippen LogP contribution in [-0.2, 0) is 19.4 Å². The van der Waals surface area contributed by atoms with Gasteiger partial charge >= 0.3 is 0 Å². The summed E-state index contributed by atoms with van der Waals surface area (Å²) in [7, 11) is 1.81. The fourth-order valence-electron chi connectivity index (χ4n) is 5.13. The molecule has 1 unspecified atom stereocenters. The molecule has 0 fully saturated rings. The van der Waals surface area contributed by atoms with Gasteiger partial charge in [-0.3, -0.25) is 0 Å². The molecule has 2 aliphatic rings. The number of anilines is 1. The van der Waals surface area contributed by atoms with Gasteiger partial charge < -0.3 is 14.5 Å². The fourth-order valence-corrected chi connectivity index (χ4v) is 5.57. The Balaban J connectivity index is 1.46. The Bertz CT molecular complexity index is 1400. The van der Waals surface area contributed by atoms with E-state index < -0.39 is 0 Å². The SMILES string of the molecule is CNc1nccc(-c2c(-c3ccc(F)cc3)nc3n2C(Cn2ccc4c2CCC(Br)=C4)CC3)n1. The summed E-state index contributed by atoms with van der Waals surface area (Å²) < 4.78 is 19.7. The Morgan fingerprint density at radius 1 is 1.09 bits per heavy atom. The highest BCUT2D eigenvalue weighted by atomic mass is 79.9. The predicted molar refractivity (Wildman–Crippen MR) is 135 cm³/mol. The Morgan fingerprint density at radius 3 is 2.76 bits per heavy atom. The molecule has 0 spiro atoms. The van der Waals surface area contributed by atoms with Gasteiger partial charge in [-0.1, -0.05) is 15.9 Å². The largest absolute Gasteiger partial charge is 0.357 e. The number of hydrogen-bond acceptors (Lipinski definition) is 4. The highest BCUT2D eigenvalue weighted by molar-refractivity contribution is 9.11. The van der Waals surface area contributed by atoms with Crippen molar-refractivity contribution in [3.63, 3.8) is 0 Å². The minimum Gasteiger partial charge on any atom is -0.357 e. The van der Waals surface area contributed by atoms with E-state index in [4.69, 9.17) is 9.97 Å². The summed E-state index contributed by atoms with van der Waals surface area (Å²) in [6, 6.07) is 10.9. The van der Waals surface area contributed by atoms with Crippen molar-refractivity contribution in [1.82, 2.24) is 24.1 Å². The zero-order valence-corrected chi connectivity index (χ0v) is 20.4.